The van der Waals surface area contributed by atoms with Gasteiger partial charge in [0.15, 0.2) is 0 Å². The van der Waals surface area contributed by atoms with Gasteiger partial charge in [0.25, 0.3) is 5.91 Å². The van der Waals surface area contributed by atoms with Crippen LogP contribution in [0.3, 0.4) is 0 Å². The molecule has 0 radical (unpaired) electrons. The van der Waals surface area contributed by atoms with Crippen LogP contribution in [0.2, 0.25) is 0 Å². The maximum atomic E-state index is 14.4. The van der Waals surface area contributed by atoms with Crippen LogP contribution < -0.4 is 10.2 Å². The van der Waals surface area contributed by atoms with Crippen molar-refractivity contribution >= 4 is 11.6 Å². The molecule has 1 amide bonds. The Balaban J connectivity index is 1.67. The maximum absolute atomic E-state index is 14.4. The number of rotatable bonds is 5. The highest BCUT2D eigenvalue weighted by Gasteiger charge is 2.17. The number of amides is 1. The summed E-state index contributed by atoms with van der Waals surface area (Å²) in [5, 5.41) is 12.1. The molecule has 2 N–H and O–H groups in total. The van der Waals surface area contributed by atoms with E-state index in [0.29, 0.717) is 32.0 Å². The third-order valence-electron chi connectivity index (χ3n) is 4.29. The first kappa shape index (κ1) is 17.4. The number of anilines is 1. The van der Waals surface area contributed by atoms with Crippen molar-refractivity contribution in [2.45, 2.75) is 13.2 Å². The van der Waals surface area contributed by atoms with Crippen LogP contribution in [0.1, 0.15) is 21.5 Å². The lowest BCUT2D eigenvalue weighted by Crippen LogP contribution is -2.36. The Hall–Kier alpha value is -2.44. The highest BCUT2D eigenvalue weighted by molar-refractivity contribution is 5.94. The number of carbonyl (C=O) groups excluding carboxylic acids is 1. The van der Waals surface area contributed by atoms with Gasteiger partial charge < -0.3 is 20.1 Å². The van der Waals surface area contributed by atoms with Gasteiger partial charge in [-0.3, -0.25) is 4.79 Å². The number of benzene rings is 2. The molecular weight excluding hydrogens is 323 g/mol. The summed E-state index contributed by atoms with van der Waals surface area (Å²) in [7, 11) is 0. The van der Waals surface area contributed by atoms with Crippen molar-refractivity contribution in [1.29, 1.82) is 0 Å². The van der Waals surface area contributed by atoms with Gasteiger partial charge in [0, 0.05) is 25.2 Å². The number of hydrogen-bond acceptors (Lipinski definition) is 4. The Morgan fingerprint density at radius 2 is 1.88 bits per heavy atom. The average molecular weight is 344 g/mol. The molecule has 2 aromatic rings. The number of ether oxygens (including phenoxy) is 1. The summed E-state index contributed by atoms with van der Waals surface area (Å²) in [5.74, 6) is -0.759. The number of nitrogens with zero attached hydrogens (tertiary/aromatic N) is 1. The molecule has 1 aliphatic heterocycles. The van der Waals surface area contributed by atoms with Crippen molar-refractivity contribution in [3.8, 4) is 0 Å². The third kappa shape index (κ3) is 4.15. The second-order valence-electron chi connectivity index (χ2n) is 5.88. The number of morpholine rings is 1. The molecule has 25 heavy (non-hydrogen) atoms. The third-order valence-corrected chi connectivity index (χ3v) is 4.29. The normalized spacial score (nSPS) is 14.4. The molecule has 0 aromatic heterocycles. The molecule has 1 aliphatic rings. The van der Waals surface area contributed by atoms with E-state index in [1.54, 1.807) is 18.2 Å². The zero-order valence-corrected chi connectivity index (χ0v) is 13.9. The number of aliphatic hydroxyl groups excluding tert-OH is 1. The van der Waals surface area contributed by atoms with Crippen molar-refractivity contribution in [2.24, 2.45) is 0 Å². The molecule has 0 spiro atoms. The Morgan fingerprint density at radius 3 is 2.56 bits per heavy atom. The summed E-state index contributed by atoms with van der Waals surface area (Å²) in [6, 6.07) is 11.8. The van der Waals surface area contributed by atoms with Crippen LogP contribution in [0.15, 0.2) is 42.5 Å². The van der Waals surface area contributed by atoms with Gasteiger partial charge in [-0.25, -0.2) is 4.39 Å². The predicted octanol–water partition coefficient (Wildman–Crippen LogP) is 2.08. The van der Waals surface area contributed by atoms with Crippen LogP contribution in [0.5, 0.6) is 0 Å². The molecular formula is C19H21FN2O3. The molecule has 1 fully saturated rings. The summed E-state index contributed by atoms with van der Waals surface area (Å²) in [6.07, 6.45) is 0. The fourth-order valence-electron chi connectivity index (χ4n) is 2.87. The molecule has 0 unspecified atom stereocenters. The number of aliphatic hydroxyl groups is 1. The number of halogens is 1. The quantitative estimate of drug-likeness (QED) is 0.872. The van der Waals surface area contributed by atoms with Gasteiger partial charge in [0.1, 0.15) is 5.82 Å². The van der Waals surface area contributed by atoms with Crippen molar-refractivity contribution in [3.05, 3.63) is 65.0 Å². The number of carbonyl (C=O) groups is 1. The Kier molecular flexibility index (Phi) is 5.63. The van der Waals surface area contributed by atoms with E-state index in [2.05, 4.69) is 5.32 Å². The topological polar surface area (TPSA) is 61.8 Å². The monoisotopic (exact) mass is 344 g/mol. The summed E-state index contributed by atoms with van der Waals surface area (Å²) in [4.78, 5) is 14.2. The van der Waals surface area contributed by atoms with Crippen molar-refractivity contribution in [2.75, 3.05) is 31.2 Å². The zero-order valence-electron chi connectivity index (χ0n) is 13.9. The summed E-state index contributed by atoms with van der Waals surface area (Å²) in [5.41, 5.74) is 2.36. The summed E-state index contributed by atoms with van der Waals surface area (Å²) < 4.78 is 19.7. The van der Waals surface area contributed by atoms with Gasteiger partial charge >= 0.3 is 0 Å². The molecule has 0 saturated carbocycles. The lowest BCUT2D eigenvalue weighted by molar-refractivity contribution is 0.0950. The fourth-order valence-corrected chi connectivity index (χ4v) is 2.87. The van der Waals surface area contributed by atoms with Gasteiger partial charge in [-0.05, 0) is 29.3 Å². The molecule has 3 rings (SSSR count). The largest absolute Gasteiger partial charge is 0.392 e. The Morgan fingerprint density at radius 1 is 1.16 bits per heavy atom. The molecule has 0 aliphatic carbocycles. The van der Waals surface area contributed by atoms with Crippen LogP contribution in [0, 0.1) is 5.82 Å². The lowest BCUT2D eigenvalue weighted by atomic mass is 10.1. The van der Waals surface area contributed by atoms with Crippen molar-refractivity contribution in [1.82, 2.24) is 5.32 Å². The van der Waals surface area contributed by atoms with Crippen molar-refractivity contribution < 1.29 is 19.0 Å². The SMILES string of the molecule is O=C(NCc1ccccc1CO)c1ccc(N2CCOCC2)c(F)c1. The van der Waals surface area contributed by atoms with Gasteiger partial charge in [-0.2, -0.15) is 0 Å². The minimum Gasteiger partial charge on any atom is -0.392 e. The minimum absolute atomic E-state index is 0.0884. The van der Waals surface area contributed by atoms with Crippen LogP contribution in [0.4, 0.5) is 10.1 Å². The van der Waals surface area contributed by atoms with Crippen LogP contribution >= 0.6 is 0 Å². The van der Waals surface area contributed by atoms with Gasteiger partial charge in [0.05, 0.1) is 25.5 Å². The maximum Gasteiger partial charge on any atom is 0.251 e. The molecule has 1 heterocycles. The van der Waals surface area contributed by atoms with E-state index in [-0.39, 0.29) is 24.6 Å². The van der Waals surface area contributed by atoms with E-state index in [4.69, 9.17) is 4.74 Å². The highest BCUT2D eigenvalue weighted by atomic mass is 19.1. The molecule has 2 aromatic carbocycles. The molecule has 0 atom stereocenters. The van der Waals surface area contributed by atoms with Crippen LogP contribution in [0.25, 0.3) is 0 Å². The van der Waals surface area contributed by atoms with E-state index in [0.717, 1.165) is 11.1 Å². The number of nitrogens with one attached hydrogen (secondary N) is 1. The first-order valence-corrected chi connectivity index (χ1v) is 8.27. The molecule has 132 valence electrons. The van der Waals surface area contributed by atoms with Crippen LogP contribution in [-0.2, 0) is 17.9 Å². The molecule has 6 heteroatoms. The number of hydrogen-bond donors (Lipinski definition) is 2. The first-order chi connectivity index (χ1) is 12.2. The summed E-state index contributed by atoms with van der Waals surface area (Å²) >= 11 is 0. The van der Waals surface area contributed by atoms with E-state index in [1.807, 2.05) is 23.1 Å². The van der Waals surface area contributed by atoms with Crippen LogP contribution in [-0.4, -0.2) is 37.3 Å². The predicted molar refractivity (Wildman–Crippen MR) is 93.0 cm³/mol. The van der Waals surface area contributed by atoms with E-state index < -0.39 is 5.82 Å². The first-order valence-electron chi connectivity index (χ1n) is 8.27. The standard InChI is InChI=1S/C19H21FN2O3/c20-17-11-14(5-6-18(17)22-7-9-25-10-8-22)19(24)21-12-15-3-1-2-4-16(15)13-23/h1-6,11,23H,7-10,12-13H2,(H,21,24). The van der Waals surface area contributed by atoms with Gasteiger partial charge in [-0.1, -0.05) is 24.3 Å². The Bertz CT molecular complexity index is 745. The fraction of sp³-hybridized carbons (Fsp3) is 0.316. The molecule has 1 saturated heterocycles. The lowest BCUT2D eigenvalue weighted by Gasteiger charge is -2.29. The zero-order chi connectivity index (χ0) is 17.6. The molecule has 5 nitrogen and oxygen atoms in total. The smallest absolute Gasteiger partial charge is 0.251 e. The highest BCUT2D eigenvalue weighted by Crippen LogP contribution is 2.21. The van der Waals surface area contributed by atoms with E-state index in [1.165, 1.54) is 6.07 Å². The summed E-state index contributed by atoms with van der Waals surface area (Å²) in [6.45, 7) is 2.62. The molecule has 0 bridgehead atoms. The Labute approximate surface area is 146 Å². The van der Waals surface area contributed by atoms with Gasteiger partial charge in [-0.15, -0.1) is 0 Å². The second-order valence-corrected chi connectivity index (χ2v) is 5.88. The van der Waals surface area contributed by atoms with Gasteiger partial charge in [0.2, 0.25) is 0 Å². The average Bonchev–Trinajstić information content (AvgIpc) is 2.67. The van der Waals surface area contributed by atoms with E-state index in [9.17, 15) is 14.3 Å². The minimum atomic E-state index is -0.412. The van der Waals surface area contributed by atoms with Crippen molar-refractivity contribution in [3.63, 3.8) is 0 Å². The van der Waals surface area contributed by atoms with E-state index >= 15 is 0 Å². The second kappa shape index (κ2) is 8.09.